The maximum atomic E-state index is 12.5. The van der Waals surface area contributed by atoms with Crippen LogP contribution in [0, 0.1) is 5.92 Å². The number of ether oxygens (including phenoxy) is 1. The Balaban J connectivity index is 1.52. The van der Waals surface area contributed by atoms with Crippen LogP contribution in [0.25, 0.3) is 0 Å². The van der Waals surface area contributed by atoms with E-state index in [1.54, 1.807) is 6.92 Å². The number of amides is 2. The zero-order valence-corrected chi connectivity index (χ0v) is 14.8. The van der Waals surface area contributed by atoms with Crippen LogP contribution in [0.4, 0.5) is 4.79 Å². The molecule has 1 aliphatic heterocycles. The predicted octanol–water partition coefficient (Wildman–Crippen LogP) is 1.98. The van der Waals surface area contributed by atoms with E-state index in [9.17, 15) is 9.59 Å². The molecule has 2 atom stereocenters. The SMILES string of the molecule is CC(N)C(=O)N1CCC(CN(C(=O)OCc2ccccc2)C2CC2)C1. The topological polar surface area (TPSA) is 75.9 Å². The Hall–Kier alpha value is -2.08. The molecule has 1 aromatic carbocycles. The van der Waals surface area contributed by atoms with Gasteiger partial charge in [-0.2, -0.15) is 0 Å². The van der Waals surface area contributed by atoms with Crippen LogP contribution in [0.3, 0.4) is 0 Å². The van der Waals surface area contributed by atoms with Gasteiger partial charge in [-0.05, 0) is 37.7 Å². The van der Waals surface area contributed by atoms with Crippen molar-refractivity contribution < 1.29 is 14.3 Å². The third-order valence-electron chi connectivity index (χ3n) is 4.87. The van der Waals surface area contributed by atoms with E-state index in [1.807, 2.05) is 40.1 Å². The Morgan fingerprint density at radius 3 is 2.64 bits per heavy atom. The van der Waals surface area contributed by atoms with Crippen molar-refractivity contribution in [3.05, 3.63) is 35.9 Å². The van der Waals surface area contributed by atoms with Crippen LogP contribution in [0.1, 0.15) is 31.7 Å². The monoisotopic (exact) mass is 345 g/mol. The number of likely N-dealkylation sites (tertiary alicyclic amines) is 1. The highest BCUT2D eigenvalue weighted by Gasteiger charge is 2.37. The summed E-state index contributed by atoms with van der Waals surface area (Å²) in [6.07, 6.45) is 2.74. The minimum absolute atomic E-state index is 0.00729. The molecule has 1 aliphatic carbocycles. The Morgan fingerprint density at radius 2 is 2.00 bits per heavy atom. The molecule has 25 heavy (non-hydrogen) atoms. The lowest BCUT2D eigenvalue weighted by atomic mass is 10.1. The van der Waals surface area contributed by atoms with Gasteiger partial charge in [0.15, 0.2) is 0 Å². The number of hydrogen-bond acceptors (Lipinski definition) is 4. The molecule has 136 valence electrons. The van der Waals surface area contributed by atoms with Crippen LogP contribution in [-0.4, -0.2) is 53.5 Å². The van der Waals surface area contributed by atoms with Crippen molar-refractivity contribution >= 4 is 12.0 Å². The van der Waals surface area contributed by atoms with Crippen molar-refractivity contribution in [3.8, 4) is 0 Å². The zero-order chi connectivity index (χ0) is 17.8. The number of rotatable bonds is 6. The maximum absolute atomic E-state index is 12.5. The van der Waals surface area contributed by atoms with Crippen molar-refractivity contribution in [1.82, 2.24) is 9.80 Å². The molecule has 6 nitrogen and oxygen atoms in total. The molecule has 2 aliphatic rings. The second-order valence-corrected chi connectivity index (χ2v) is 7.15. The fraction of sp³-hybridized carbons (Fsp3) is 0.579. The molecule has 0 radical (unpaired) electrons. The highest BCUT2D eigenvalue weighted by atomic mass is 16.6. The van der Waals surface area contributed by atoms with Gasteiger partial charge in [-0.25, -0.2) is 4.79 Å². The van der Waals surface area contributed by atoms with Gasteiger partial charge in [-0.15, -0.1) is 0 Å². The second kappa shape index (κ2) is 7.87. The van der Waals surface area contributed by atoms with Gasteiger partial charge < -0.3 is 20.3 Å². The molecule has 1 saturated heterocycles. The van der Waals surface area contributed by atoms with E-state index < -0.39 is 6.04 Å². The Bertz CT molecular complexity index is 601. The summed E-state index contributed by atoms with van der Waals surface area (Å²) >= 11 is 0. The highest BCUT2D eigenvalue weighted by Crippen LogP contribution is 2.30. The fourth-order valence-corrected chi connectivity index (χ4v) is 3.31. The second-order valence-electron chi connectivity index (χ2n) is 7.15. The van der Waals surface area contributed by atoms with E-state index in [-0.39, 0.29) is 12.0 Å². The molecule has 1 saturated carbocycles. The van der Waals surface area contributed by atoms with E-state index in [2.05, 4.69) is 0 Å². The lowest BCUT2D eigenvalue weighted by molar-refractivity contribution is -0.131. The molecule has 0 spiro atoms. The average Bonchev–Trinajstić information content (AvgIpc) is 3.35. The van der Waals surface area contributed by atoms with Gasteiger partial charge in [0.1, 0.15) is 6.61 Å². The normalized spacial score (nSPS) is 21.0. The average molecular weight is 345 g/mol. The minimum atomic E-state index is -0.464. The van der Waals surface area contributed by atoms with E-state index in [4.69, 9.17) is 10.5 Å². The Labute approximate surface area is 148 Å². The van der Waals surface area contributed by atoms with Gasteiger partial charge in [-0.1, -0.05) is 30.3 Å². The van der Waals surface area contributed by atoms with Crippen LogP contribution < -0.4 is 5.73 Å². The van der Waals surface area contributed by atoms with Crippen molar-refractivity contribution in [1.29, 1.82) is 0 Å². The summed E-state index contributed by atoms with van der Waals surface area (Å²) in [4.78, 5) is 28.2. The van der Waals surface area contributed by atoms with Gasteiger partial charge in [0.2, 0.25) is 5.91 Å². The molecule has 0 aromatic heterocycles. The fourth-order valence-electron chi connectivity index (χ4n) is 3.31. The molecule has 0 bridgehead atoms. The predicted molar refractivity (Wildman–Crippen MR) is 94.7 cm³/mol. The molecule has 3 rings (SSSR count). The van der Waals surface area contributed by atoms with E-state index in [0.29, 0.717) is 31.7 Å². The largest absolute Gasteiger partial charge is 0.445 e. The summed E-state index contributed by atoms with van der Waals surface area (Å²) in [5.74, 6) is 0.291. The third kappa shape index (κ3) is 4.72. The molecule has 2 fully saturated rings. The minimum Gasteiger partial charge on any atom is -0.445 e. The maximum Gasteiger partial charge on any atom is 0.410 e. The summed E-state index contributed by atoms with van der Waals surface area (Å²) in [5, 5.41) is 0. The first-order chi connectivity index (χ1) is 12.0. The lowest BCUT2D eigenvalue weighted by Crippen LogP contribution is -2.42. The third-order valence-corrected chi connectivity index (χ3v) is 4.87. The summed E-state index contributed by atoms with van der Waals surface area (Å²) in [6, 6.07) is 9.54. The molecule has 1 aromatic rings. The van der Waals surface area contributed by atoms with E-state index in [0.717, 1.165) is 31.4 Å². The van der Waals surface area contributed by atoms with Gasteiger partial charge in [0.05, 0.1) is 6.04 Å². The van der Waals surface area contributed by atoms with Crippen LogP contribution in [0.2, 0.25) is 0 Å². The van der Waals surface area contributed by atoms with Gasteiger partial charge in [-0.3, -0.25) is 4.79 Å². The number of carbonyl (C=O) groups is 2. The Morgan fingerprint density at radius 1 is 1.28 bits per heavy atom. The van der Waals surface area contributed by atoms with Crippen molar-refractivity contribution in [3.63, 3.8) is 0 Å². The number of nitrogens with two attached hydrogens (primary N) is 1. The molecular formula is C19H27N3O3. The molecule has 2 unspecified atom stereocenters. The number of carbonyl (C=O) groups excluding carboxylic acids is 2. The molecular weight excluding hydrogens is 318 g/mol. The lowest BCUT2D eigenvalue weighted by Gasteiger charge is -2.25. The number of hydrogen-bond donors (Lipinski definition) is 1. The van der Waals surface area contributed by atoms with Gasteiger partial charge in [0, 0.05) is 25.7 Å². The molecule has 6 heteroatoms. The van der Waals surface area contributed by atoms with Crippen LogP contribution in [0.15, 0.2) is 30.3 Å². The van der Waals surface area contributed by atoms with Gasteiger partial charge in [0.25, 0.3) is 0 Å². The standard InChI is InChI=1S/C19H27N3O3/c1-14(20)18(23)21-10-9-16(11-21)12-22(17-7-8-17)19(24)25-13-15-5-3-2-4-6-15/h2-6,14,16-17H,7-13,20H2,1H3. The van der Waals surface area contributed by atoms with E-state index >= 15 is 0 Å². The van der Waals surface area contributed by atoms with Crippen LogP contribution >= 0.6 is 0 Å². The smallest absolute Gasteiger partial charge is 0.410 e. The summed E-state index contributed by atoms with van der Waals surface area (Å²) < 4.78 is 5.50. The first kappa shape index (κ1) is 17.7. The van der Waals surface area contributed by atoms with Crippen LogP contribution in [0.5, 0.6) is 0 Å². The first-order valence-electron chi connectivity index (χ1n) is 9.06. The number of nitrogens with zero attached hydrogens (tertiary/aromatic N) is 2. The summed E-state index contributed by atoms with van der Waals surface area (Å²) in [5.41, 5.74) is 6.68. The Kier molecular flexibility index (Phi) is 5.58. The summed E-state index contributed by atoms with van der Waals surface area (Å²) in [7, 11) is 0. The van der Waals surface area contributed by atoms with Crippen molar-refractivity contribution in [2.24, 2.45) is 11.7 Å². The number of benzene rings is 1. The van der Waals surface area contributed by atoms with Crippen molar-refractivity contribution in [2.75, 3.05) is 19.6 Å². The summed E-state index contributed by atoms with van der Waals surface area (Å²) in [6.45, 7) is 4.06. The molecule has 2 N–H and O–H groups in total. The quantitative estimate of drug-likeness (QED) is 0.855. The van der Waals surface area contributed by atoms with E-state index in [1.165, 1.54) is 0 Å². The zero-order valence-electron chi connectivity index (χ0n) is 14.8. The molecule has 2 amide bonds. The van der Waals surface area contributed by atoms with Crippen LogP contribution in [-0.2, 0) is 16.1 Å². The van der Waals surface area contributed by atoms with Crippen molar-refractivity contribution in [2.45, 2.75) is 44.9 Å². The highest BCUT2D eigenvalue weighted by molar-refractivity contribution is 5.81. The molecule has 1 heterocycles. The first-order valence-corrected chi connectivity index (χ1v) is 9.06. The van der Waals surface area contributed by atoms with Gasteiger partial charge >= 0.3 is 6.09 Å².